The van der Waals surface area contributed by atoms with Crippen molar-refractivity contribution in [3.8, 4) is 0 Å². The van der Waals surface area contributed by atoms with Gasteiger partial charge in [-0.15, -0.1) is 0 Å². The van der Waals surface area contributed by atoms with Crippen LogP contribution in [0, 0.1) is 6.92 Å². The molecule has 24 heavy (non-hydrogen) atoms. The van der Waals surface area contributed by atoms with Crippen LogP contribution in [-0.4, -0.2) is 16.8 Å². The highest BCUT2D eigenvalue weighted by atomic mass is 35.5. The third kappa shape index (κ3) is 3.04. The average molecular weight is 343 g/mol. The van der Waals surface area contributed by atoms with Crippen LogP contribution in [-0.2, 0) is 0 Å². The number of nitrogen functional groups attached to an aromatic ring is 1. The number of halogens is 1. The first kappa shape index (κ1) is 15.9. The number of benzene rings is 2. The summed E-state index contributed by atoms with van der Waals surface area (Å²) >= 11 is 5.92. The molecule has 2 amide bonds. The Hall–Kier alpha value is -2.99. The number of carbonyl (C=O) groups excluding carboxylic acids is 2. The van der Waals surface area contributed by atoms with Crippen LogP contribution in [0.5, 0.6) is 0 Å². The van der Waals surface area contributed by atoms with E-state index in [2.05, 4.69) is 15.8 Å². The molecule has 0 unspecified atom stereocenters. The number of rotatable bonds is 2. The zero-order valence-electron chi connectivity index (χ0n) is 12.8. The maximum atomic E-state index is 12.2. The van der Waals surface area contributed by atoms with Crippen LogP contribution >= 0.6 is 11.6 Å². The van der Waals surface area contributed by atoms with E-state index in [1.54, 1.807) is 49.4 Å². The third-order valence-electron chi connectivity index (χ3n) is 3.65. The van der Waals surface area contributed by atoms with E-state index in [9.17, 15) is 9.59 Å². The Bertz CT molecular complexity index is 929. The minimum atomic E-state index is -0.474. The molecular formula is C17H15ClN4O2. The van der Waals surface area contributed by atoms with Crippen LogP contribution < -0.4 is 16.6 Å². The van der Waals surface area contributed by atoms with Gasteiger partial charge >= 0.3 is 0 Å². The number of aryl methyl sites for hydroxylation is 1. The maximum Gasteiger partial charge on any atom is 0.286 e. The van der Waals surface area contributed by atoms with Gasteiger partial charge in [0, 0.05) is 21.6 Å². The second-order valence-electron chi connectivity index (χ2n) is 5.36. The number of hydrazine groups is 1. The molecule has 1 heterocycles. The molecule has 7 heteroatoms. The first-order chi connectivity index (χ1) is 11.5. The van der Waals surface area contributed by atoms with Gasteiger partial charge in [-0.3, -0.25) is 20.4 Å². The van der Waals surface area contributed by atoms with Gasteiger partial charge in [0.05, 0.1) is 5.56 Å². The minimum absolute atomic E-state index is 0.310. The quantitative estimate of drug-likeness (QED) is 0.425. The Balaban J connectivity index is 1.73. The molecule has 0 spiro atoms. The van der Waals surface area contributed by atoms with Crippen molar-refractivity contribution in [3.05, 3.63) is 64.3 Å². The van der Waals surface area contributed by atoms with Crippen LogP contribution in [0.15, 0.2) is 42.5 Å². The molecule has 0 aliphatic rings. The van der Waals surface area contributed by atoms with Gasteiger partial charge in [-0.2, -0.15) is 0 Å². The van der Waals surface area contributed by atoms with E-state index in [-0.39, 0.29) is 0 Å². The molecule has 0 fully saturated rings. The number of hydrogen-bond donors (Lipinski definition) is 4. The number of hydrogen-bond acceptors (Lipinski definition) is 3. The molecule has 5 N–H and O–H groups in total. The fourth-order valence-corrected chi connectivity index (χ4v) is 2.65. The van der Waals surface area contributed by atoms with Crippen molar-refractivity contribution in [2.45, 2.75) is 6.92 Å². The predicted molar refractivity (Wildman–Crippen MR) is 93.8 cm³/mol. The Kier molecular flexibility index (Phi) is 4.14. The van der Waals surface area contributed by atoms with Gasteiger partial charge in [-0.1, -0.05) is 23.7 Å². The highest BCUT2D eigenvalue weighted by Gasteiger charge is 2.15. The van der Waals surface area contributed by atoms with Gasteiger partial charge in [-0.05, 0) is 42.8 Å². The van der Waals surface area contributed by atoms with Crippen LogP contribution in [0.25, 0.3) is 10.9 Å². The molecule has 0 radical (unpaired) electrons. The number of aromatic amines is 1. The summed E-state index contributed by atoms with van der Waals surface area (Å²) < 4.78 is 0. The van der Waals surface area contributed by atoms with E-state index >= 15 is 0 Å². The second kappa shape index (κ2) is 6.25. The summed E-state index contributed by atoms with van der Waals surface area (Å²) in [4.78, 5) is 27.4. The van der Waals surface area contributed by atoms with Crippen molar-refractivity contribution in [2.24, 2.45) is 0 Å². The van der Waals surface area contributed by atoms with Crippen molar-refractivity contribution < 1.29 is 9.59 Å². The standard InChI is InChI=1S/C17H15ClN4O2/c1-9-3-2-4-12(19)15(9)17(24)22-21-16(23)14-8-10-7-11(18)5-6-13(10)20-14/h2-8,20H,19H2,1H3,(H,21,23)(H,22,24). The lowest BCUT2D eigenvalue weighted by Gasteiger charge is -2.10. The van der Waals surface area contributed by atoms with E-state index in [4.69, 9.17) is 17.3 Å². The normalized spacial score (nSPS) is 10.6. The van der Waals surface area contributed by atoms with E-state index in [0.29, 0.717) is 22.0 Å². The van der Waals surface area contributed by atoms with Gasteiger partial charge in [-0.25, -0.2) is 0 Å². The summed E-state index contributed by atoms with van der Waals surface area (Å²) in [6.07, 6.45) is 0. The summed E-state index contributed by atoms with van der Waals surface area (Å²) in [5, 5.41) is 1.39. The van der Waals surface area contributed by atoms with Crippen LogP contribution in [0.3, 0.4) is 0 Å². The summed E-state index contributed by atoms with van der Waals surface area (Å²) in [7, 11) is 0. The lowest BCUT2D eigenvalue weighted by atomic mass is 10.1. The molecular weight excluding hydrogens is 328 g/mol. The number of amides is 2. The Morgan fingerprint density at radius 2 is 1.83 bits per heavy atom. The Morgan fingerprint density at radius 1 is 1.08 bits per heavy atom. The van der Waals surface area contributed by atoms with Crippen molar-refractivity contribution in [2.75, 3.05) is 5.73 Å². The van der Waals surface area contributed by atoms with Gasteiger partial charge < -0.3 is 10.7 Å². The highest BCUT2D eigenvalue weighted by molar-refractivity contribution is 6.31. The predicted octanol–water partition coefficient (Wildman–Crippen LogP) is 2.79. The van der Waals surface area contributed by atoms with Crippen LogP contribution in [0.1, 0.15) is 26.4 Å². The summed E-state index contributed by atoms with van der Waals surface area (Å²) in [6.45, 7) is 1.77. The monoisotopic (exact) mass is 342 g/mol. The molecule has 0 bridgehead atoms. The molecule has 3 aromatic rings. The summed E-state index contributed by atoms with van der Waals surface area (Å²) in [6, 6.07) is 12.1. The largest absolute Gasteiger partial charge is 0.398 e. The molecule has 0 atom stereocenters. The number of anilines is 1. The zero-order valence-corrected chi connectivity index (χ0v) is 13.6. The number of H-pyrrole nitrogens is 1. The molecule has 1 aromatic heterocycles. The van der Waals surface area contributed by atoms with Crippen LogP contribution in [0.2, 0.25) is 5.02 Å². The number of carbonyl (C=O) groups is 2. The van der Waals surface area contributed by atoms with Crippen LogP contribution in [0.4, 0.5) is 5.69 Å². The number of fused-ring (bicyclic) bond motifs is 1. The molecule has 3 rings (SSSR count). The van der Waals surface area contributed by atoms with E-state index in [1.807, 2.05) is 0 Å². The average Bonchev–Trinajstić information content (AvgIpc) is 2.95. The van der Waals surface area contributed by atoms with E-state index in [1.165, 1.54) is 0 Å². The van der Waals surface area contributed by atoms with Crippen molar-refractivity contribution >= 4 is 40.0 Å². The molecule has 122 valence electrons. The molecule has 6 nitrogen and oxygen atoms in total. The third-order valence-corrected chi connectivity index (χ3v) is 3.88. The Morgan fingerprint density at radius 3 is 2.58 bits per heavy atom. The smallest absolute Gasteiger partial charge is 0.286 e. The highest BCUT2D eigenvalue weighted by Crippen LogP contribution is 2.20. The van der Waals surface area contributed by atoms with Crippen molar-refractivity contribution in [1.29, 1.82) is 0 Å². The topological polar surface area (TPSA) is 100 Å². The maximum absolute atomic E-state index is 12.2. The number of nitrogens with two attached hydrogens (primary N) is 1. The molecule has 0 saturated heterocycles. The number of aromatic nitrogens is 1. The van der Waals surface area contributed by atoms with Gasteiger partial charge in [0.15, 0.2) is 0 Å². The number of nitrogens with one attached hydrogen (secondary N) is 3. The zero-order chi connectivity index (χ0) is 17.3. The van der Waals surface area contributed by atoms with Gasteiger partial charge in [0.2, 0.25) is 0 Å². The fourth-order valence-electron chi connectivity index (χ4n) is 2.47. The van der Waals surface area contributed by atoms with E-state index < -0.39 is 11.8 Å². The molecule has 2 aromatic carbocycles. The van der Waals surface area contributed by atoms with Gasteiger partial charge in [0.1, 0.15) is 5.69 Å². The van der Waals surface area contributed by atoms with Gasteiger partial charge in [0.25, 0.3) is 11.8 Å². The SMILES string of the molecule is Cc1cccc(N)c1C(=O)NNC(=O)c1cc2cc(Cl)ccc2[nH]1. The first-order valence-corrected chi connectivity index (χ1v) is 7.57. The lowest BCUT2D eigenvalue weighted by Crippen LogP contribution is -2.42. The second-order valence-corrected chi connectivity index (χ2v) is 5.80. The molecule has 0 saturated carbocycles. The summed E-state index contributed by atoms with van der Waals surface area (Å²) in [5.41, 5.74) is 13.0. The summed E-state index contributed by atoms with van der Waals surface area (Å²) in [5.74, 6) is -0.944. The first-order valence-electron chi connectivity index (χ1n) is 7.20. The molecule has 0 aliphatic heterocycles. The fraction of sp³-hybridized carbons (Fsp3) is 0.0588. The van der Waals surface area contributed by atoms with Crippen molar-refractivity contribution in [3.63, 3.8) is 0 Å². The van der Waals surface area contributed by atoms with Crippen molar-refractivity contribution in [1.82, 2.24) is 15.8 Å². The minimum Gasteiger partial charge on any atom is -0.398 e. The molecule has 0 aliphatic carbocycles. The Labute approximate surface area is 143 Å². The van der Waals surface area contributed by atoms with E-state index in [0.717, 1.165) is 16.5 Å². The lowest BCUT2D eigenvalue weighted by molar-refractivity contribution is 0.0844.